The maximum Gasteiger partial charge on any atom is 0.338 e. The summed E-state index contributed by atoms with van der Waals surface area (Å²) < 4.78 is 20.4. The lowest BCUT2D eigenvalue weighted by Gasteiger charge is -2.16. The number of methoxy groups -OCH3 is 2. The van der Waals surface area contributed by atoms with Crippen molar-refractivity contribution in [2.75, 3.05) is 27.4 Å². The molecule has 0 fully saturated rings. The second-order valence-electron chi connectivity index (χ2n) is 6.21. The van der Waals surface area contributed by atoms with Crippen LogP contribution in [0.15, 0.2) is 48.5 Å². The van der Waals surface area contributed by atoms with Crippen LogP contribution in [0.5, 0.6) is 11.5 Å². The monoisotopic (exact) mass is 415 g/mol. The van der Waals surface area contributed by atoms with Crippen molar-refractivity contribution >= 4 is 17.8 Å². The topological polar surface area (TPSA) is 100 Å². The van der Waals surface area contributed by atoms with Gasteiger partial charge in [0, 0.05) is 6.42 Å². The molecule has 0 aliphatic carbocycles. The van der Waals surface area contributed by atoms with Crippen molar-refractivity contribution in [1.82, 2.24) is 5.32 Å². The number of carbonyl (C=O) groups is 3. The zero-order chi connectivity index (χ0) is 21.9. The molecule has 8 nitrogen and oxygen atoms in total. The number of rotatable bonds is 10. The third-order valence-corrected chi connectivity index (χ3v) is 4.14. The first-order chi connectivity index (χ1) is 14.5. The Labute approximate surface area is 175 Å². The second kappa shape index (κ2) is 11.5. The van der Waals surface area contributed by atoms with Crippen LogP contribution in [0.1, 0.15) is 22.8 Å². The summed E-state index contributed by atoms with van der Waals surface area (Å²) in [5.74, 6) is -1.04. The van der Waals surface area contributed by atoms with Gasteiger partial charge in [0.15, 0.2) is 18.1 Å². The predicted octanol–water partition coefficient (Wildman–Crippen LogP) is 2.15. The Morgan fingerprint density at radius 1 is 1.00 bits per heavy atom. The molecule has 1 amide bonds. The van der Waals surface area contributed by atoms with Gasteiger partial charge in [0.2, 0.25) is 0 Å². The summed E-state index contributed by atoms with van der Waals surface area (Å²) >= 11 is 0. The molecule has 160 valence electrons. The smallest absolute Gasteiger partial charge is 0.338 e. The lowest BCUT2D eigenvalue weighted by Crippen LogP contribution is -2.44. The number of hydrogen-bond acceptors (Lipinski definition) is 7. The molecule has 0 saturated heterocycles. The van der Waals surface area contributed by atoms with Crippen LogP contribution in [0.2, 0.25) is 0 Å². The van der Waals surface area contributed by atoms with Crippen LogP contribution in [0.25, 0.3) is 0 Å². The van der Waals surface area contributed by atoms with Crippen molar-refractivity contribution in [3.05, 3.63) is 59.7 Å². The minimum atomic E-state index is -0.894. The van der Waals surface area contributed by atoms with Gasteiger partial charge >= 0.3 is 11.9 Å². The first-order valence-electron chi connectivity index (χ1n) is 9.37. The number of benzene rings is 2. The fourth-order valence-electron chi connectivity index (χ4n) is 2.71. The van der Waals surface area contributed by atoms with Gasteiger partial charge in [0.05, 0.1) is 26.4 Å². The fraction of sp³-hybridized carbons (Fsp3) is 0.318. The van der Waals surface area contributed by atoms with Crippen LogP contribution in [0.4, 0.5) is 0 Å². The minimum Gasteiger partial charge on any atom is -0.493 e. The van der Waals surface area contributed by atoms with Gasteiger partial charge in [0.1, 0.15) is 6.04 Å². The highest BCUT2D eigenvalue weighted by molar-refractivity contribution is 5.92. The molecule has 30 heavy (non-hydrogen) atoms. The Balaban J connectivity index is 1.96. The van der Waals surface area contributed by atoms with Crippen LogP contribution in [-0.4, -0.2) is 51.3 Å². The summed E-state index contributed by atoms with van der Waals surface area (Å²) in [5.41, 5.74) is 1.06. The normalized spacial score (nSPS) is 11.2. The Morgan fingerprint density at radius 3 is 2.37 bits per heavy atom. The molecule has 0 bridgehead atoms. The molecule has 0 aliphatic rings. The third kappa shape index (κ3) is 6.51. The minimum absolute atomic E-state index is 0.205. The highest BCUT2D eigenvalue weighted by Crippen LogP contribution is 2.28. The molecule has 0 heterocycles. The van der Waals surface area contributed by atoms with Gasteiger partial charge in [-0.05, 0) is 30.7 Å². The highest BCUT2D eigenvalue weighted by Gasteiger charge is 2.23. The van der Waals surface area contributed by atoms with Gasteiger partial charge in [-0.2, -0.15) is 0 Å². The van der Waals surface area contributed by atoms with Gasteiger partial charge < -0.3 is 24.3 Å². The van der Waals surface area contributed by atoms with Gasteiger partial charge in [0.25, 0.3) is 5.91 Å². The number of amides is 1. The quantitative estimate of drug-likeness (QED) is 0.594. The molecule has 1 atom stereocenters. The van der Waals surface area contributed by atoms with E-state index in [1.54, 1.807) is 6.07 Å². The second-order valence-corrected chi connectivity index (χ2v) is 6.21. The van der Waals surface area contributed by atoms with Crippen LogP contribution < -0.4 is 14.8 Å². The van der Waals surface area contributed by atoms with Crippen molar-refractivity contribution in [3.8, 4) is 11.5 Å². The Bertz CT molecular complexity index is 867. The van der Waals surface area contributed by atoms with E-state index in [2.05, 4.69) is 5.32 Å². The van der Waals surface area contributed by atoms with E-state index in [4.69, 9.17) is 18.9 Å². The van der Waals surface area contributed by atoms with Crippen molar-refractivity contribution in [2.45, 2.75) is 19.4 Å². The average molecular weight is 415 g/mol. The number of esters is 2. The molecular weight excluding hydrogens is 390 g/mol. The van der Waals surface area contributed by atoms with Crippen LogP contribution in [0, 0.1) is 0 Å². The summed E-state index contributed by atoms with van der Waals surface area (Å²) in [4.78, 5) is 36.5. The van der Waals surface area contributed by atoms with Crippen LogP contribution >= 0.6 is 0 Å². The number of hydrogen-bond donors (Lipinski definition) is 1. The van der Waals surface area contributed by atoms with Gasteiger partial charge in [-0.3, -0.25) is 4.79 Å². The van der Waals surface area contributed by atoms with E-state index in [1.165, 1.54) is 26.4 Å². The number of ether oxygens (including phenoxy) is 4. The molecule has 0 spiro atoms. The van der Waals surface area contributed by atoms with Crippen LogP contribution in [0.3, 0.4) is 0 Å². The maximum atomic E-state index is 12.3. The molecule has 0 aromatic heterocycles. The van der Waals surface area contributed by atoms with E-state index in [0.29, 0.717) is 18.1 Å². The van der Waals surface area contributed by atoms with Crippen LogP contribution in [-0.2, 0) is 25.5 Å². The van der Waals surface area contributed by atoms with Gasteiger partial charge in [-0.1, -0.05) is 30.3 Å². The number of carbonyl (C=O) groups excluding carboxylic acids is 3. The highest BCUT2D eigenvalue weighted by atomic mass is 16.5. The standard InChI is InChI=1S/C22H25NO7/c1-4-29-18-11-10-16(13-19(18)27-2)21(25)30-14-20(24)23-17(22(26)28-3)12-15-8-6-5-7-9-15/h5-11,13,17H,4,12,14H2,1-3H3,(H,23,24)/t17-/m0/s1. The summed E-state index contributed by atoms with van der Waals surface area (Å²) in [6.45, 7) is 1.74. The molecule has 2 rings (SSSR count). The SMILES string of the molecule is CCOc1ccc(C(=O)OCC(=O)N[C@@H](Cc2ccccc2)C(=O)OC)cc1OC. The third-order valence-electron chi connectivity index (χ3n) is 4.14. The molecule has 1 N–H and O–H groups in total. The van der Waals surface area contributed by atoms with E-state index < -0.39 is 30.5 Å². The Kier molecular flexibility index (Phi) is 8.68. The Morgan fingerprint density at radius 2 is 1.73 bits per heavy atom. The Hall–Kier alpha value is -3.55. The predicted molar refractivity (Wildman–Crippen MR) is 109 cm³/mol. The van der Waals surface area contributed by atoms with E-state index in [1.807, 2.05) is 37.3 Å². The lowest BCUT2D eigenvalue weighted by molar-refractivity contribution is -0.145. The molecular formula is C22H25NO7. The molecule has 0 saturated carbocycles. The van der Waals surface area contributed by atoms with Crippen molar-refractivity contribution < 1.29 is 33.3 Å². The maximum absolute atomic E-state index is 12.3. The first-order valence-corrected chi connectivity index (χ1v) is 9.37. The molecule has 8 heteroatoms. The molecule has 0 aliphatic heterocycles. The van der Waals surface area contributed by atoms with E-state index in [9.17, 15) is 14.4 Å². The first kappa shape index (κ1) is 22.7. The summed E-state index contributed by atoms with van der Waals surface area (Å²) in [6, 6.07) is 12.9. The van der Waals surface area contributed by atoms with Crippen molar-refractivity contribution in [3.63, 3.8) is 0 Å². The molecule has 0 radical (unpaired) electrons. The van der Waals surface area contributed by atoms with Crippen molar-refractivity contribution in [2.24, 2.45) is 0 Å². The number of nitrogens with one attached hydrogen (secondary N) is 1. The molecule has 2 aromatic rings. The fourth-order valence-corrected chi connectivity index (χ4v) is 2.71. The van der Waals surface area contributed by atoms with Gasteiger partial charge in [-0.25, -0.2) is 9.59 Å². The zero-order valence-electron chi connectivity index (χ0n) is 17.2. The largest absolute Gasteiger partial charge is 0.493 e. The average Bonchev–Trinajstić information content (AvgIpc) is 2.77. The van der Waals surface area contributed by atoms with E-state index in [-0.39, 0.29) is 12.0 Å². The van der Waals surface area contributed by atoms with E-state index >= 15 is 0 Å². The summed E-state index contributed by atoms with van der Waals surface area (Å²) in [5, 5.41) is 2.54. The van der Waals surface area contributed by atoms with E-state index in [0.717, 1.165) is 5.56 Å². The zero-order valence-corrected chi connectivity index (χ0v) is 17.2. The lowest BCUT2D eigenvalue weighted by atomic mass is 10.1. The van der Waals surface area contributed by atoms with Gasteiger partial charge in [-0.15, -0.1) is 0 Å². The summed E-state index contributed by atoms with van der Waals surface area (Å²) in [7, 11) is 2.70. The molecule has 0 unspecified atom stereocenters. The summed E-state index contributed by atoms with van der Waals surface area (Å²) in [6.07, 6.45) is 0.253. The van der Waals surface area contributed by atoms with Crippen molar-refractivity contribution in [1.29, 1.82) is 0 Å². The molecule has 2 aromatic carbocycles.